The number of ether oxygens (including phenoxy) is 1. The van der Waals surface area contributed by atoms with Crippen LogP contribution in [0.25, 0.3) is 0 Å². The number of nitrogens with zero attached hydrogens (tertiary/aromatic N) is 1. The Morgan fingerprint density at radius 3 is 2.74 bits per heavy atom. The molecule has 108 valence electrons. The van der Waals surface area contributed by atoms with Gasteiger partial charge in [0.25, 0.3) is 0 Å². The van der Waals surface area contributed by atoms with Crippen LogP contribution in [-0.2, 0) is 11.2 Å². The van der Waals surface area contributed by atoms with Crippen molar-refractivity contribution in [3.8, 4) is 0 Å². The van der Waals surface area contributed by atoms with Gasteiger partial charge in [-0.1, -0.05) is 12.1 Å². The van der Waals surface area contributed by atoms with Gasteiger partial charge in [0.1, 0.15) is 5.82 Å². The predicted molar refractivity (Wildman–Crippen MR) is 76.7 cm³/mol. The summed E-state index contributed by atoms with van der Waals surface area (Å²) in [6.45, 7) is 6.82. The summed E-state index contributed by atoms with van der Waals surface area (Å²) in [5.74, 6) is -0.200. The second-order valence-corrected chi connectivity index (χ2v) is 5.13. The number of nitrogens with two attached hydrogens (primary N) is 1. The van der Waals surface area contributed by atoms with Gasteiger partial charge in [-0.05, 0) is 45.0 Å². The van der Waals surface area contributed by atoms with Gasteiger partial charge in [-0.15, -0.1) is 0 Å². The van der Waals surface area contributed by atoms with E-state index < -0.39 is 0 Å². The Hall–Kier alpha value is -0.970. The van der Waals surface area contributed by atoms with Gasteiger partial charge in [0.15, 0.2) is 0 Å². The Balaban J connectivity index is 2.68. The van der Waals surface area contributed by atoms with Crippen molar-refractivity contribution in [1.82, 2.24) is 4.90 Å². The van der Waals surface area contributed by atoms with Crippen LogP contribution in [0.1, 0.15) is 19.4 Å². The third kappa shape index (κ3) is 4.90. The Kier molecular flexibility index (Phi) is 6.42. The van der Waals surface area contributed by atoms with Gasteiger partial charge in [0.05, 0.1) is 6.61 Å². The van der Waals surface area contributed by atoms with Crippen LogP contribution in [0.5, 0.6) is 0 Å². The monoisotopic (exact) mass is 268 g/mol. The third-order valence-electron chi connectivity index (χ3n) is 3.61. The maximum absolute atomic E-state index is 13.2. The fourth-order valence-electron chi connectivity index (χ4n) is 2.07. The molecule has 0 spiro atoms. The zero-order valence-corrected chi connectivity index (χ0v) is 12.2. The van der Waals surface area contributed by atoms with Crippen molar-refractivity contribution in [2.75, 3.05) is 33.4 Å². The van der Waals surface area contributed by atoms with Crippen molar-refractivity contribution in [1.29, 1.82) is 0 Å². The standard InChI is InChI=1S/C15H25FN2O/c1-4-19-9-8-18(3)15(2,12-17)11-13-6-5-7-14(16)10-13/h5-7,10H,4,8-9,11-12,17H2,1-3H3. The van der Waals surface area contributed by atoms with Crippen LogP contribution in [0.2, 0.25) is 0 Å². The minimum absolute atomic E-state index is 0.190. The minimum Gasteiger partial charge on any atom is -0.380 e. The molecule has 1 rings (SSSR count). The summed E-state index contributed by atoms with van der Waals surface area (Å²) >= 11 is 0. The minimum atomic E-state index is -0.200. The summed E-state index contributed by atoms with van der Waals surface area (Å²) in [6, 6.07) is 6.71. The van der Waals surface area contributed by atoms with Crippen LogP contribution in [0, 0.1) is 5.82 Å². The zero-order valence-electron chi connectivity index (χ0n) is 12.2. The van der Waals surface area contributed by atoms with Crippen LogP contribution in [0.15, 0.2) is 24.3 Å². The molecule has 0 saturated heterocycles. The molecule has 0 heterocycles. The molecule has 1 atom stereocenters. The molecular weight excluding hydrogens is 243 g/mol. The second-order valence-electron chi connectivity index (χ2n) is 5.13. The summed E-state index contributed by atoms with van der Waals surface area (Å²) in [5.41, 5.74) is 6.70. The lowest BCUT2D eigenvalue weighted by molar-refractivity contribution is 0.0760. The largest absolute Gasteiger partial charge is 0.380 e. The zero-order chi connectivity index (χ0) is 14.3. The van der Waals surface area contributed by atoms with Crippen molar-refractivity contribution >= 4 is 0 Å². The van der Waals surface area contributed by atoms with E-state index in [2.05, 4.69) is 11.8 Å². The molecule has 0 radical (unpaired) electrons. The molecule has 1 aromatic rings. The maximum Gasteiger partial charge on any atom is 0.123 e. The van der Waals surface area contributed by atoms with Crippen LogP contribution < -0.4 is 5.73 Å². The summed E-state index contributed by atoms with van der Waals surface area (Å²) in [6.07, 6.45) is 0.726. The number of rotatable bonds is 8. The van der Waals surface area contributed by atoms with Gasteiger partial charge in [-0.2, -0.15) is 0 Å². The Bertz CT molecular complexity index is 386. The van der Waals surface area contributed by atoms with Crippen LogP contribution >= 0.6 is 0 Å². The van der Waals surface area contributed by atoms with Crippen LogP contribution in [0.3, 0.4) is 0 Å². The van der Waals surface area contributed by atoms with Crippen molar-refractivity contribution < 1.29 is 9.13 Å². The molecule has 0 aliphatic rings. The van der Waals surface area contributed by atoms with Gasteiger partial charge in [0.2, 0.25) is 0 Å². The lowest BCUT2D eigenvalue weighted by Gasteiger charge is -2.38. The topological polar surface area (TPSA) is 38.5 Å². The van der Waals surface area contributed by atoms with Gasteiger partial charge in [0, 0.05) is 25.2 Å². The summed E-state index contributed by atoms with van der Waals surface area (Å²) in [7, 11) is 2.03. The number of hydrogen-bond acceptors (Lipinski definition) is 3. The molecule has 0 amide bonds. The van der Waals surface area contributed by atoms with Gasteiger partial charge >= 0.3 is 0 Å². The molecule has 0 saturated carbocycles. The molecule has 3 nitrogen and oxygen atoms in total. The fourth-order valence-corrected chi connectivity index (χ4v) is 2.07. The Morgan fingerprint density at radius 2 is 2.16 bits per heavy atom. The summed E-state index contributed by atoms with van der Waals surface area (Å²) < 4.78 is 18.6. The molecule has 0 aromatic heterocycles. The molecule has 19 heavy (non-hydrogen) atoms. The lowest BCUT2D eigenvalue weighted by atomic mass is 9.91. The maximum atomic E-state index is 13.2. The Morgan fingerprint density at radius 1 is 1.42 bits per heavy atom. The highest BCUT2D eigenvalue weighted by Crippen LogP contribution is 2.19. The summed E-state index contributed by atoms with van der Waals surface area (Å²) in [5, 5.41) is 0. The number of hydrogen-bond donors (Lipinski definition) is 1. The fraction of sp³-hybridized carbons (Fsp3) is 0.600. The smallest absolute Gasteiger partial charge is 0.123 e. The normalized spacial score (nSPS) is 14.6. The van der Waals surface area contributed by atoms with Crippen molar-refractivity contribution in [3.05, 3.63) is 35.6 Å². The molecule has 4 heteroatoms. The van der Waals surface area contributed by atoms with Crippen molar-refractivity contribution in [2.24, 2.45) is 5.73 Å². The molecule has 1 aromatic carbocycles. The third-order valence-corrected chi connectivity index (χ3v) is 3.61. The second kappa shape index (κ2) is 7.58. The molecule has 1 unspecified atom stereocenters. The van der Waals surface area contributed by atoms with E-state index in [0.717, 1.165) is 25.1 Å². The predicted octanol–water partition coefficient (Wildman–Crippen LogP) is 2.05. The highest BCUT2D eigenvalue weighted by molar-refractivity contribution is 5.19. The molecule has 0 bridgehead atoms. The average Bonchev–Trinajstić information content (AvgIpc) is 2.38. The van der Waals surface area contributed by atoms with E-state index in [-0.39, 0.29) is 11.4 Å². The molecule has 0 aliphatic heterocycles. The highest BCUT2D eigenvalue weighted by Gasteiger charge is 2.27. The first-order valence-electron chi connectivity index (χ1n) is 6.75. The number of benzene rings is 1. The first kappa shape index (κ1) is 16.1. The van der Waals surface area contributed by atoms with E-state index in [9.17, 15) is 4.39 Å². The molecular formula is C15H25FN2O. The van der Waals surface area contributed by atoms with Crippen molar-refractivity contribution in [2.45, 2.75) is 25.8 Å². The van der Waals surface area contributed by atoms with Crippen LogP contribution in [-0.4, -0.2) is 43.8 Å². The van der Waals surface area contributed by atoms with Gasteiger partial charge in [-0.3, -0.25) is 4.90 Å². The van der Waals surface area contributed by atoms with E-state index in [1.54, 1.807) is 12.1 Å². The lowest BCUT2D eigenvalue weighted by Crippen LogP contribution is -2.52. The highest BCUT2D eigenvalue weighted by atomic mass is 19.1. The number of likely N-dealkylation sites (N-methyl/N-ethyl adjacent to an activating group) is 1. The number of halogens is 1. The van der Waals surface area contributed by atoms with Crippen LogP contribution in [0.4, 0.5) is 4.39 Å². The first-order valence-corrected chi connectivity index (χ1v) is 6.75. The molecule has 0 fully saturated rings. The van der Waals surface area contributed by atoms with E-state index in [4.69, 9.17) is 10.5 Å². The van der Waals surface area contributed by atoms with Gasteiger partial charge in [-0.25, -0.2) is 4.39 Å². The van der Waals surface area contributed by atoms with E-state index in [1.165, 1.54) is 6.07 Å². The molecule has 2 N–H and O–H groups in total. The van der Waals surface area contributed by atoms with E-state index in [0.29, 0.717) is 13.2 Å². The average molecular weight is 268 g/mol. The van der Waals surface area contributed by atoms with Gasteiger partial charge < -0.3 is 10.5 Å². The quantitative estimate of drug-likeness (QED) is 0.733. The van der Waals surface area contributed by atoms with Crippen molar-refractivity contribution in [3.63, 3.8) is 0 Å². The van der Waals surface area contributed by atoms with E-state index in [1.807, 2.05) is 20.0 Å². The first-order chi connectivity index (χ1) is 9.01. The molecule has 0 aliphatic carbocycles. The SMILES string of the molecule is CCOCCN(C)C(C)(CN)Cc1cccc(F)c1. The summed E-state index contributed by atoms with van der Waals surface area (Å²) in [4.78, 5) is 2.19. The Labute approximate surface area is 115 Å². The van der Waals surface area contributed by atoms with E-state index >= 15 is 0 Å².